The Morgan fingerprint density at radius 1 is 1.11 bits per heavy atom. The highest BCUT2D eigenvalue weighted by Gasteiger charge is 2.14. The Kier molecular flexibility index (Phi) is 5.29. The van der Waals surface area contributed by atoms with Crippen LogP contribution in [0.4, 0.5) is 0 Å². The summed E-state index contributed by atoms with van der Waals surface area (Å²) in [6.45, 7) is 3.10. The highest BCUT2D eigenvalue weighted by Crippen LogP contribution is 2.23. The minimum absolute atomic E-state index is 0.148. The summed E-state index contributed by atoms with van der Waals surface area (Å²) in [5.74, 6) is 0.606. The molecule has 3 aromatic rings. The van der Waals surface area contributed by atoms with Crippen LogP contribution in [0, 0.1) is 6.92 Å². The van der Waals surface area contributed by atoms with E-state index < -0.39 is 9.84 Å². The van der Waals surface area contributed by atoms with Crippen LogP contribution in [0.15, 0.2) is 47.4 Å². The predicted molar refractivity (Wildman–Crippen MR) is 105 cm³/mol. The molecule has 0 bridgehead atoms. The fourth-order valence-electron chi connectivity index (χ4n) is 2.91. The van der Waals surface area contributed by atoms with Gasteiger partial charge in [-0.3, -0.25) is 9.36 Å². The zero-order valence-electron chi connectivity index (χ0n) is 15.5. The SMILES string of the molecule is CNCCNC(=O)c1ccc2nc(C)n(-c3ccc(S(C)(=O)=O)cc3)c2c1. The molecule has 0 fully saturated rings. The number of nitrogens with one attached hydrogen (secondary N) is 2. The number of hydrogen-bond acceptors (Lipinski definition) is 5. The Morgan fingerprint density at radius 2 is 1.81 bits per heavy atom. The van der Waals surface area contributed by atoms with Gasteiger partial charge in [0.25, 0.3) is 5.91 Å². The predicted octanol–water partition coefficient (Wildman–Crippen LogP) is 1.69. The molecule has 0 atom stereocenters. The first-order chi connectivity index (χ1) is 12.8. The van der Waals surface area contributed by atoms with Gasteiger partial charge in [-0.2, -0.15) is 0 Å². The maximum absolute atomic E-state index is 12.3. The molecule has 2 N–H and O–H groups in total. The Hall–Kier alpha value is -2.71. The molecule has 0 saturated carbocycles. The lowest BCUT2D eigenvalue weighted by atomic mass is 10.2. The first kappa shape index (κ1) is 19.1. The second-order valence-electron chi connectivity index (χ2n) is 6.32. The number of amides is 1. The number of nitrogens with zero attached hydrogens (tertiary/aromatic N) is 2. The van der Waals surface area contributed by atoms with Crippen molar-refractivity contribution in [3.63, 3.8) is 0 Å². The monoisotopic (exact) mass is 386 g/mol. The summed E-state index contributed by atoms with van der Waals surface area (Å²) in [7, 11) is -1.43. The summed E-state index contributed by atoms with van der Waals surface area (Å²) in [5, 5.41) is 5.84. The molecule has 8 heteroatoms. The van der Waals surface area contributed by atoms with Gasteiger partial charge in [-0.1, -0.05) is 0 Å². The molecule has 27 heavy (non-hydrogen) atoms. The Bertz CT molecular complexity index is 1090. The topological polar surface area (TPSA) is 93.1 Å². The van der Waals surface area contributed by atoms with Gasteiger partial charge in [0.05, 0.1) is 15.9 Å². The Morgan fingerprint density at radius 3 is 2.44 bits per heavy atom. The lowest BCUT2D eigenvalue weighted by Gasteiger charge is -2.09. The van der Waals surface area contributed by atoms with Gasteiger partial charge in [0.15, 0.2) is 9.84 Å². The second-order valence-corrected chi connectivity index (χ2v) is 8.34. The van der Waals surface area contributed by atoms with Gasteiger partial charge in [0.1, 0.15) is 5.82 Å². The maximum Gasteiger partial charge on any atom is 0.251 e. The van der Waals surface area contributed by atoms with E-state index in [-0.39, 0.29) is 10.8 Å². The molecular formula is C19H22N4O3S. The minimum atomic E-state index is -3.25. The molecule has 1 amide bonds. The molecule has 1 aromatic heterocycles. The number of rotatable bonds is 6. The summed E-state index contributed by atoms with van der Waals surface area (Å²) in [5.41, 5.74) is 2.90. The van der Waals surface area contributed by atoms with E-state index in [1.54, 1.807) is 36.4 Å². The van der Waals surface area contributed by atoms with Crippen LogP contribution >= 0.6 is 0 Å². The van der Waals surface area contributed by atoms with Crippen LogP contribution in [-0.2, 0) is 9.84 Å². The van der Waals surface area contributed by atoms with Crippen molar-refractivity contribution in [2.75, 3.05) is 26.4 Å². The van der Waals surface area contributed by atoms with Crippen molar-refractivity contribution >= 4 is 26.8 Å². The second kappa shape index (κ2) is 7.50. The molecular weight excluding hydrogens is 364 g/mol. The number of fused-ring (bicyclic) bond motifs is 1. The van der Waals surface area contributed by atoms with Gasteiger partial charge in [-0.05, 0) is 56.4 Å². The van der Waals surface area contributed by atoms with Crippen LogP contribution in [0.3, 0.4) is 0 Å². The summed E-state index contributed by atoms with van der Waals surface area (Å²) < 4.78 is 25.2. The van der Waals surface area contributed by atoms with Crippen LogP contribution in [0.5, 0.6) is 0 Å². The number of carbonyl (C=O) groups excluding carboxylic acids is 1. The summed E-state index contributed by atoms with van der Waals surface area (Å²) in [4.78, 5) is 17.1. The standard InChI is InChI=1S/C19H22N4O3S/c1-13-22-17-9-4-14(19(24)21-11-10-20-2)12-18(17)23(13)15-5-7-16(8-6-15)27(3,25)26/h4-9,12,20H,10-11H2,1-3H3,(H,21,24). The molecule has 3 rings (SSSR count). The van der Waals surface area contributed by atoms with Gasteiger partial charge in [-0.15, -0.1) is 0 Å². The van der Waals surface area contributed by atoms with Crippen molar-refractivity contribution in [3.8, 4) is 5.69 Å². The fourth-order valence-corrected chi connectivity index (χ4v) is 3.54. The van der Waals surface area contributed by atoms with E-state index >= 15 is 0 Å². The molecule has 0 aliphatic rings. The van der Waals surface area contributed by atoms with Gasteiger partial charge in [-0.25, -0.2) is 13.4 Å². The van der Waals surface area contributed by atoms with Gasteiger partial charge in [0.2, 0.25) is 0 Å². The molecule has 0 radical (unpaired) electrons. The molecule has 1 heterocycles. The largest absolute Gasteiger partial charge is 0.351 e. The van der Waals surface area contributed by atoms with E-state index in [0.29, 0.717) is 18.7 Å². The van der Waals surface area contributed by atoms with E-state index in [1.807, 2.05) is 24.6 Å². The van der Waals surface area contributed by atoms with Crippen molar-refractivity contribution in [1.82, 2.24) is 20.2 Å². The number of imidazole rings is 1. The third kappa shape index (κ3) is 4.01. The van der Waals surface area contributed by atoms with Gasteiger partial charge in [0, 0.05) is 30.6 Å². The van der Waals surface area contributed by atoms with E-state index in [1.165, 1.54) is 6.26 Å². The third-order valence-electron chi connectivity index (χ3n) is 4.27. The first-order valence-electron chi connectivity index (χ1n) is 8.53. The van der Waals surface area contributed by atoms with Crippen LogP contribution < -0.4 is 10.6 Å². The van der Waals surface area contributed by atoms with Gasteiger partial charge < -0.3 is 10.6 Å². The quantitative estimate of drug-likeness (QED) is 0.629. The summed E-state index contributed by atoms with van der Waals surface area (Å²) in [6.07, 6.45) is 1.18. The molecule has 0 aliphatic carbocycles. The van der Waals surface area contributed by atoms with E-state index in [0.717, 1.165) is 22.5 Å². The van der Waals surface area contributed by atoms with Crippen molar-refractivity contribution in [3.05, 3.63) is 53.9 Å². The Balaban J connectivity index is 2.01. The lowest BCUT2D eigenvalue weighted by molar-refractivity contribution is 0.0954. The number of likely N-dealkylation sites (N-methyl/N-ethyl adjacent to an activating group) is 1. The number of aryl methyl sites for hydroxylation is 1. The maximum atomic E-state index is 12.3. The molecule has 2 aromatic carbocycles. The van der Waals surface area contributed by atoms with E-state index in [2.05, 4.69) is 15.6 Å². The van der Waals surface area contributed by atoms with Crippen LogP contribution in [0.2, 0.25) is 0 Å². The van der Waals surface area contributed by atoms with Crippen molar-refractivity contribution in [1.29, 1.82) is 0 Å². The zero-order chi connectivity index (χ0) is 19.6. The smallest absolute Gasteiger partial charge is 0.251 e. The number of aromatic nitrogens is 2. The highest BCUT2D eigenvalue weighted by atomic mass is 32.2. The molecule has 142 valence electrons. The average Bonchev–Trinajstić information content (AvgIpc) is 2.96. The number of benzene rings is 2. The molecule has 0 unspecified atom stereocenters. The van der Waals surface area contributed by atoms with Crippen molar-refractivity contribution < 1.29 is 13.2 Å². The number of sulfone groups is 1. The normalized spacial score (nSPS) is 11.7. The van der Waals surface area contributed by atoms with Crippen LogP contribution in [0.1, 0.15) is 16.2 Å². The summed E-state index contributed by atoms with van der Waals surface area (Å²) in [6, 6.07) is 12.0. The first-order valence-corrected chi connectivity index (χ1v) is 10.4. The molecule has 0 aliphatic heterocycles. The highest BCUT2D eigenvalue weighted by molar-refractivity contribution is 7.90. The van der Waals surface area contributed by atoms with Crippen LogP contribution in [0.25, 0.3) is 16.7 Å². The number of carbonyl (C=O) groups is 1. The third-order valence-corrected chi connectivity index (χ3v) is 5.40. The van der Waals surface area contributed by atoms with Crippen molar-refractivity contribution in [2.24, 2.45) is 0 Å². The molecule has 0 saturated heterocycles. The van der Waals surface area contributed by atoms with E-state index in [9.17, 15) is 13.2 Å². The molecule has 0 spiro atoms. The van der Waals surface area contributed by atoms with Gasteiger partial charge >= 0.3 is 0 Å². The fraction of sp³-hybridized carbons (Fsp3) is 0.263. The zero-order valence-corrected chi connectivity index (χ0v) is 16.3. The van der Waals surface area contributed by atoms with E-state index in [4.69, 9.17) is 0 Å². The van der Waals surface area contributed by atoms with Crippen molar-refractivity contribution in [2.45, 2.75) is 11.8 Å². The van der Waals surface area contributed by atoms with Crippen LogP contribution in [-0.4, -0.2) is 50.3 Å². The minimum Gasteiger partial charge on any atom is -0.351 e. The lowest BCUT2D eigenvalue weighted by Crippen LogP contribution is -2.30. The average molecular weight is 386 g/mol. The molecule has 7 nitrogen and oxygen atoms in total. The Labute approximate surface area is 158 Å². The number of hydrogen-bond donors (Lipinski definition) is 2. The summed E-state index contributed by atoms with van der Waals surface area (Å²) >= 11 is 0.